The molecule has 0 bridgehead atoms. The minimum absolute atomic E-state index is 0.268. The molecule has 1 aromatic heterocycles. The Morgan fingerprint density at radius 2 is 2.27 bits per heavy atom. The summed E-state index contributed by atoms with van der Waals surface area (Å²) in [7, 11) is 0. The van der Waals surface area contributed by atoms with Gasteiger partial charge in [-0.15, -0.1) is 0 Å². The summed E-state index contributed by atoms with van der Waals surface area (Å²) in [4.78, 5) is 16.7. The molecule has 82 valence electrons. The molecule has 1 aromatic rings. The van der Waals surface area contributed by atoms with E-state index in [1.807, 2.05) is 4.90 Å². The topological polar surface area (TPSA) is 92.6 Å². The van der Waals surface area contributed by atoms with Crippen molar-refractivity contribution in [2.24, 2.45) is 5.73 Å². The van der Waals surface area contributed by atoms with Crippen LogP contribution in [-0.4, -0.2) is 29.1 Å². The first-order chi connectivity index (χ1) is 7.18. The molecule has 1 aliphatic rings. The van der Waals surface area contributed by atoms with E-state index in [9.17, 15) is 4.79 Å². The van der Waals surface area contributed by atoms with Crippen molar-refractivity contribution in [2.75, 3.05) is 18.0 Å². The zero-order chi connectivity index (χ0) is 10.8. The Kier molecular flexibility index (Phi) is 2.59. The van der Waals surface area contributed by atoms with E-state index < -0.39 is 12.0 Å². The van der Waals surface area contributed by atoms with E-state index in [-0.39, 0.29) is 5.69 Å². The van der Waals surface area contributed by atoms with Gasteiger partial charge in [-0.05, 0) is 12.8 Å². The minimum atomic E-state index is -1.11. The Labute approximate surface area is 86.7 Å². The maximum Gasteiger partial charge on any atom is 0.326 e. The van der Waals surface area contributed by atoms with E-state index in [2.05, 4.69) is 4.98 Å². The molecule has 2 heterocycles. The molecule has 1 saturated heterocycles. The molecule has 1 fully saturated rings. The standard InChI is InChI=1S/C9H13N3O3/c10-7(8(13)14)6-5-15-9(11-6)12-3-1-2-4-12/h5,7H,1-4,10H2,(H,13,14). The van der Waals surface area contributed by atoms with Crippen LogP contribution < -0.4 is 10.6 Å². The summed E-state index contributed by atoms with van der Waals surface area (Å²) in [6.07, 6.45) is 3.54. The predicted octanol–water partition coefficient (Wildman–Crippen LogP) is 0.359. The second-order valence-corrected chi connectivity index (χ2v) is 3.57. The van der Waals surface area contributed by atoms with Gasteiger partial charge < -0.3 is 20.2 Å². The van der Waals surface area contributed by atoms with Gasteiger partial charge in [0, 0.05) is 13.1 Å². The fourth-order valence-electron chi connectivity index (χ4n) is 1.60. The van der Waals surface area contributed by atoms with Crippen LogP contribution >= 0.6 is 0 Å². The Hall–Kier alpha value is -1.56. The zero-order valence-electron chi connectivity index (χ0n) is 8.22. The van der Waals surface area contributed by atoms with Crippen molar-refractivity contribution < 1.29 is 14.3 Å². The third-order valence-corrected chi connectivity index (χ3v) is 2.47. The van der Waals surface area contributed by atoms with Crippen LogP contribution in [0.2, 0.25) is 0 Å². The number of hydrogen-bond acceptors (Lipinski definition) is 5. The highest BCUT2D eigenvalue weighted by molar-refractivity contribution is 5.74. The molecular formula is C9H13N3O3. The SMILES string of the molecule is NC(C(=O)O)c1coc(N2CCCC2)n1. The normalized spacial score (nSPS) is 18.1. The molecular weight excluding hydrogens is 198 g/mol. The molecule has 0 amide bonds. The van der Waals surface area contributed by atoms with Crippen LogP contribution in [0.4, 0.5) is 6.01 Å². The minimum Gasteiger partial charge on any atom is -0.480 e. The van der Waals surface area contributed by atoms with Crippen molar-refractivity contribution in [2.45, 2.75) is 18.9 Å². The molecule has 15 heavy (non-hydrogen) atoms. The number of anilines is 1. The van der Waals surface area contributed by atoms with Crippen molar-refractivity contribution in [1.82, 2.24) is 4.98 Å². The van der Waals surface area contributed by atoms with Crippen LogP contribution in [0.1, 0.15) is 24.6 Å². The van der Waals surface area contributed by atoms with Gasteiger partial charge in [-0.2, -0.15) is 4.98 Å². The van der Waals surface area contributed by atoms with E-state index >= 15 is 0 Å². The van der Waals surface area contributed by atoms with E-state index in [4.69, 9.17) is 15.3 Å². The van der Waals surface area contributed by atoms with E-state index in [1.165, 1.54) is 6.26 Å². The first-order valence-corrected chi connectivity index (χ1v) is 4.87. The predicted molar refractivity (Wildman–Crippen MR) is 52.5 cm³/mol. The number of hydrogen-bond donors (Lipinski definition) is 2. The number of oxazole rings is 1. The second-order valence-electron chi connectivity index (χ2n) is 3.57. The third kappa shape index (κ3) is 1.94. The number of aliphatic carboxylic acids is 1. The first kappa shape index (κ1) is 9.97. The molecule has 3 N–H and O–H groups in total. The lowest BCUT2D eigenvalue weighted by molar-refractivity contribution is -0.138. The van der Waals surface area contributed by atoms with Crippen LogP contribution in [0.25, 0.3) is 0 Å². The first-order valence-electron chi connectivity index (χ1n) is 4.87. The number of carbonyl (C=O) groups is 1. The molecule has 0 aliphatic carbocycles. The molecule has 0 radical (unpaired) electrons. The van der Waals surface area contributed by atoms with Crippen molar-refractivity contribution in [3.05, 3.63) is 12.0 Å². The summed E-state index contributed by atoms with van der Waals surface area (Å²) in [6.45, 7) is 1.81. The Bertz CT molecular complexity index is 357. The smallest absolute Gasteiger partial charge is 0.326 e. The third-order valence-electron chi connectivity index (χ3n) is 2.47. The molecule has 2 rings (SSSR count). The lowest BCUT2D eigenvalue weighted by Crippen LogP contribution is -2.22. The summed E-state index contributed by atoms with van der Waals surface area (Å²) < 4.78 is 5.19. The van der Waals surface area contributed by atoms with Gasteiger partial charge in [-0.1, -0.05) is 0 Å². The maximum atomic E-state index is 10.6. The molecule has 1 unspecified atom stereocenters. The van der Waals surface area contributed by atoms with Crippen molar-refractivity contribution in [3.8, 4) is 0 Å². The highest BCUT2D eigenvalue weighted by Crippen LogP contribution is 2.21. The number of nitrogens with two attached hydrogens (primary N) is 1. The Morgan fingerprint density at radius 1 is 1.60 bits per heavy atom. The molecule has 0 saturated carbocycles. The van der Waals surface area contributed by atoms with Crippen LogP contribution in [0.15, 0.2) is 10.7 Å². The molecule has 6 nitrogen and oxygen atoms in total. The van der Waals surface area contributed by atoms with Crippen LogP contribution in [0.3, 0.4) is 0 Å². The van der Waals surface area contributed by atoms with Crippen molar-refractivity contribution >= 4 is 12.0 Å². The van der Waals surface area contributed by atoms with Gasteiger partial charge in [0.05, 0.1) is 0 Å². The second kappa shape index (κ2) is 3.90. The number of aromatic nitrogens is 1. The molecule has 1 aliphatic heterocycles. The van der Waals surface area contributed by atoms with E-state index in [1.54, 1.807) is 0 Å². The number of carboxylic acids is 1. The highest BCUT2D eigenvalue weighted by Gasteiger charge is 2.22. The number of carboxylic acid groups (broad SMARTS) is 1. The molecule has 0 aromatic carbocycles. The van der Waals surface area contributed by atoms with Gasteiger partial charge in [-0.25, -0.2) is 0 Å². The van der Waals surface area contributed by atoms with Crippen LogP contribution in [0, 0.1) is 0 Å². The number of rotatable bonds is 3. The molecule has 6 heteroatoms. The zero-order valence-corrected chi connectivity index (χ0v) is 8.22. The van der Waals surface area contributed by atoms with E-state index in [0.29, 0.717) is 6.01 Å². The number of nitrogens with zero attached hydrogens (tertiary/aromatic N) is 2. The lowest BCUT2D eigenvalue weighted by Gasteiger charge is -2.10. The summed E-state index contributed by atoms with van der Waals surface area (Å²) in [5.41, 5.74) is 5.68. The Morgan fingerprint density at radius 3 is 2.87 bits per heavy atom. The highest BCUT2D eigenvalue weighted by atomic mass is 16.4. The Balaban J connectivity index is 2.12. The maximum absolute atomic E-state index is 10.6. The monoisotopic (exact) mass is 211 g/mol. The van der Waals surface area contributed by atoms with Gasteiger partial charge in [0.1, 0.15) is 18.0 Å². The van der Waals surface area contributed by atoms with Gasteiger partial charge >= 0.3 is 5.97 Å². The van der Waals surface area contributed by atoms with Gasteiger partial charge in [0.25, 0.3) is 6.01 Å². The quantitative estimate of drug-likeness (QED) is 0.749. The summed E-state index contributed by atoms with van der Waals surface area (Å²) in [6, 6.07) is -0.635. The van der Waals surface area contributed by atoms with Gasteiger partial charge in [0.15, 0.2) is 0 Å². The fraction of sp³-hybridized carbons (Fsp3) is 0.556. The van der Waals surface area contributed by atoms with Crippen molar-refractivity contribution in [3.63, 3.8) is 0 Å². The van der Waals surface area contributed by atoms with Gasteiger partial charge in [-0.3, -0.25) is 4.79 Å². The van der Waals surface area contributed by atoms with Crippen LogP contribution in [0.5, 0.6) is 0 Å². The van der Waals surface area contributed by atoms with E-state index in [0.717, 1.165) is 25.9 Å². The summed E-state index contributed by atoms with van der Waals surface area (Å²) in [5.74, 6) is -1.10. The van der Waals surface area contributed by atoms with Gasteiger partial charge in [0.2, 0.25) is 0 Å². The van der Waals surface area contributed by atoms with Crippen molar-refractivity contribution in [1.29, 1.82) is 0 Å². The molecule has 0 spiro atoms. The largest absolute Gasteiger partial charge is 0.480 e. The summed E-state index contributed by atoms with van der Waals surface area (Å²) >= 11 is 0. The lowest BCUT2D eigenvalue weighted by atomic mass is 10.2. The molecule has 1 atom stereocenters. The average molecular weight is 211 g/mol. The van der Waals surface area contributed by atoms with Crippen LogP contribution in [-0.2, 0) is 4.79 Å². The summed E-state index contributed by atoms with van der Waals surface area (Å²) in [5, 5.41) is 8.69. The fourth-order valence-corrected chi connectivity index (χ4v) is 1.60. The average Bonchev–Trinajstić information content (AvgIpc) is 2.86.